The van der Waals surface area contributed by atoms with Gasteiger partial charge in [-0.3, -0.25) is 19.2 Å². The molecule has 0 amide bonds. The molecule has 0 radical (unpaired) electrons. The molecule has 4 fully saturated rings. The Morgan fingerprint density at radius 3 is 1.40 bits per heavy atom. The largest absolute Gasteiger partial charge is 0.469 e. The minimum absolute atomic E-state index is 0. The molecule has 47 heavy (non-hydrogen) atoms. The van der Waals surface area contributed by atoms with Gasteiger partial charge in [0.15, 0.2) is 11.6 Å². The Balaban J connectivity index is 0.000000451. The Labute approximate surface area is 282 Å². The maximum absolute atomic E-state index is 12.7. The zero-order valence-electron chi connectivity index (χ0n) is 28.3. The molecule has 12 nitrogen and oxygen atoms in total. The van der Waals surface area contributed by atoms with E-state index in [9.17, 15) is 19.2 Å². The van der Waals surface area contributed by atoms with E-state index in [1.54, 1.807) is 20.8 Å². The van der Waals surface area contributed by atoms with Gasteiger partial charge >= 0.3 is 23.9 Å². The second-order valence-electron chi connectivity index (χ2n) is 13.4. The predicted molar refractivity (Wildman–Crippen MR) is 174 cm³/mol. The molecule has 1 unspecified atom stereocenters. The van der Waals surface area contributed by atoms with Gasteiger partial charge in [-0.1, -0.05) is 21.8 Å². The van der Waals surface area contributed by atoms with Crippen molar-refractivity contribution in [2.45, 2.75) is 125 Å². The molecular weight excluding hydrogens is 612 g/mol. The monoisotopic (exact) mass is 674 g/mol. The third-order valence-corrected chi connectivity index (χ3v) is 9.80. The SMILES string of the molecule is C.C.CCOC(=O)C1(CC(C)(C)C(=O)OC)CCC2(CC1)OCCO2.CCOC(=O)C1(CC(C)C(=O)OC)CCC2(CC1)OCCO2. The van der Waals surface area contributed by atoms with Crippen molar-refractivity contribution < 1.29 is 57.1 Å². The molecule has 4 rings (SSSR count). The van der Waals surface area contributed by atoms with Crippen LogP contribution in [0.3, 0.4) is 0 Å². The Hall–Kier alpha value is -2.28. The van der Waals surface area contributed by atoms with Crippen molar-refractivity contribution in [3.8, 4) is 0 Å². The molecular formula is C35H62O12. The van der Waals surface area contributed by atoms with Gasteiger partial charge in [0.1, 0.15) is 0 Å². The summed E-state index contributed by atoms with van der Waals surface area (Å²) >= 11 is 0. The number of esters is 4. The quantitative estimate of drug-likeness (QED) is 0.205. The Morgan fingerprint density at radius 1 is 0.660 bits per heavy atom. The topological polar surface area (TPSA) is 142 Å². The average Bonchev–Trinajstić information content (AvgIpc) is 3.69. The zero-order valence-corrected chi connectivity index (χ0v) is 28.3. The number of ether oxygens (including phenoxy) is 8. The average molecular weight is 675 g/mol. The van der Waals surface area contributed by atoms with Crippen molar-refractivity contribution in [3.63, 3.8) is 0 Å². The van der Waals surface area contributed by atoms with Crippen molar-refractivity contribution in [3.05, 3.63) is 0 Å². The van der Waals surface area contributed by atoms with E-state index in [0.29, 0.717) is 104 Å². The lowest BCUT2D eigenvalue weighted by Gasteiger charge is -2.44. The van der Waals surface area contributed by atoms with Gasteiger partial charge in [0.2, 0.25) is 0 Å². The summed E-state index contributed by atoms with van der Waals surface area (Å²) in [6.07, 6.45) is 5.82. The van der Waals surface area contributed by atoms with Gasteiger partial charge in [-0.25, -0.2) is 0 Å². The zero-order chi connectivity index (χ0) is 33.4. The molecule has 0 aromatic carbocycles. The fraction of sp³-hybridized carbons (Fsp3) is 0.886. The molecule has 0 aromatic heterocycles. The highest BCUT2D eigenvalue weighted by Gasteiger charge is 2.54. The van der Waals surface area contributed by atoms with Crippen molar-refractivity contribution in [1.82, 2.24) is 0 Å². The molecule has 2 aliphatic carbocycles. The molecule has 12 heteroatoms. The normalized spacial score (nSPS) is 24.4. The highest BCUT2D eigenvalue weighted by Crippen LogP contribution is 2.51. The van der Waals surface area contributed by atoms with E-state index in [-0.39, 0.29) is 44.6 Å². The molecule has 2 saturated heterocycles. The summed E-state index contributed by atoms with van der Waals surface area (Å²) in [4.78, 5) is 49.0. The van der Waals surface area contributed by atoms with E-state index >= 15 is 0 Å². The molecule has 0 bridgehead atoms. The Bertz CT molecular complexity index is 1010. The van der Waals surface area contributed by atoms with Crippen LogP contribution >= 0.6 is 0 Å². The van der Waals surface area contributed by atoms with E-state index < -0.39 is 27.8 Å². The molecule has 274 valence electrons. The molecule has 0 N–H and O–H groups in total. The fourth-order valence-electron chi connectivity index (χ4n) is 7.37. The first-order chi connectivity index (χ1) is 21.3. The van der Waals surface area contributed by atoms with Crippen LogP contribution in [0.4, 0.5) is 0 Å². The van der Waals surface area contributed by atoms with E-state index in [1.807, 2.05) is 13.8 Å². The minimum atomic E-state index is -0.747. The van der Waals surface area contributed by atoms with Crippen LogP contribution in [0.2, 0.25) is 0 Å². The Kier molecular flexibility index (Phi) is 16.3. The third kappa shape index (κ3) is 10.1. The lowest BCUT2D eigenvalue weighted by Crippen LogP contribution is -2.47. The number of hydrogen-bond acceptors (Lipinski definition) is 12. The van der Waals surface area contributed by atoms with Crippen LogP contribution in [-0.2, 0) is 57.1 Å². The Morgan fingerprint density at radius 2 is 1.04 bits per heavy atom. The maximum Gasteiger partial charge on any atom is 0.312 e. The summed E-state index contributed by atoms with van der Waals surface area (Å²) in [6.45, 7) is 12.1. The van der Waals surface area contributed by atoms with E-state index in [1.165, 1.54) is 14.2 Å². The van der Waals surface area contributed by atoms with Crippen molar-refractivity contribution in [2.24, 2.45) is 22.2 Å². The van der Waals surface area contributed by atoms with Gasteiger partial charge in [-0.15, -0.1) is 0 Å². The van der Waals surface area contributed by atoms with Crippen molar-refractivity contribution in [2.75, 3.05) is 53.9 Å². The molecule has 2 aliphatic heterocycles. The second kappa shape index (κ2) is 17.9. The summed E-state index contributed by atoms with van der Waals surface area (Å²) in [5.74, 6) is -2.49. The van der Waals surface area contributed by atoms with Crippen LogP contribution in [0, 0.1) is 22.2 Å². The van der Waals surface area contributed by atoms with E-state index in [2.05, 4.69) is 0 Å². The molecule has 1 atom stereocenters. The van der Waals surface area contributed by atoms with Gasteiger partial charge in [0.05, 0.1) is 76.0 Å². The van der Waals surface area contributed by atoms with Crippen LogP contribution in [-0.4, -0.2) is 89.3 Å². The van der Waals surface area contributed by atoms with E-state index in [0.717, 1.165) is 0 Å². The van der Waals surface area contributed by atoms with E-state index in [4.69, 9.17) is 37.9 Å². The van der Waals surface area contributed by atoms with Crippen molar-refractivity contribution in [1.29, 1.82) is 0 Å². The van der Waals surface area contributed by atoms with Gasteiger partial charge in [-0.2, -0.15) is 0 Å². The standard InChI is InChI=1S/C17H28O6.C16H26O6.2CH4/c1-5-21-14(19)16(12-15(2,3)13(18)20-4)6-8-17(9-7-16)22-10-11-23-17;1-4-20-14(18)15(11-12(2)13(17)19-3)5-7-16(8-6-15)21-9-10-22-16;;/h5-12H2,1-4H3;12H,4-11H2,1-3H3;2*1H4. The fourth-order valence-corrected chi connectivity index (χ4v) is 7.37. The number of carbonyl (C=O) groups excluding carboxylic acids is 4. The summed E-state index contributed by atoms with van der Waals surface area (Å²) in [6, 6.07) is 0. The first-order valence-electron chi connectivity index (χ1n) is 16.3. The molecule has 0 aromatic rings. The minimum Gasteiger partial charge on any atom is -0.469 e. The van der Waals surface area contributed by atoms with Gasteiger partial charge in [0, 0.05) is 25.7 Å². The first-order valence-corrected chi connectivity index (χ1v) is 16.3. The van der Waals surface area contributed by atoms with Crippen molar-refractivity contribution >= 4 is 23.9 Å². The smallest absolute Gasteiger partial charge is 0.312 e. The number of rotatable bonds is 10. The van der Waals surface area contributed by atoms with Crippen LogP contribution in [0.15, 0.2) is 0 Å². The van der Waals surface area contributed by atoms with Crippen LogP contribution in [0.25, 0.3) is 0 Å². The van der Waals surface area contributed by atoms with Gasteiger partial charge < -0.3 is 37.9 Å². The number of methoxy groups -OCH3 is 2. The predicted octanol–water partition coefficient (Wildman–Crippen LogP) is 5.77. The van der Waals surface area contributed by atoms with Crippen LogP contribution < -0.4 is 0 Å². The highest BCUT2D eigenvalue weighted by molar-refractivity contribution is 5.81. The second-order valence-corrected chi connectivity index (χ2v) is 13.4. The van der Waals surface area contributed by atoms with Crippen LogP contribution in [0.1, 0.15) is 114 Å². The molecule has 2 heterocycles. The molecule has 2 spiro atoms. The maximum atomic E-state index is 12.7. The first kappa shape index (κ1) is 42.7. The summed E-state index contributed by atoms with van der Waals surface area (Å²) < 4.78 is 43.2. The summed E-state index contributed by atoms with van der Waals surface area (Å²) in [7, 11) is 2.74. The molecule has 4 aliphatic rings. The van der Waals surface area contributed by atoms with Gasteiger partial charge in [-0.05, 0) is 66.2 Å². The summed E-state index contributed by atoms with van der Waals surface area (Å²) in [5.41, 5.74) is -2.08. The number of carbonyl (C=O) groups is 4. The summed E-state index contributed by atoms with van der Waals surface area (Å²) in [5, 5.41) is 0. The third-order valence-electron chi connectivity index (χ3n) is 9.80. The lowest BCUT2D eigenvalue weighted by atomic mass is 9.64. The highest BCUT2D eigenvalue weighted by atomic mass is 16.7. The molecule has 2 saturated carbocycles. The van der Waals surface area contributed by atoms with Crippen LogP contribution in [0.5, 0.6) is 0 Å². The number of hydrogen-bond donors (Lipinski definition) is 0. The van der Waals surface area contributed by atoms with Gasteiger partial charge in [0.25, 0.3) is 0 Å². The lowest BCUT2D eigenvalue weighted by molar-refractivity contribution is -0.203.